The number of alkyl halides is 1. The van der Waals surface area contributed by atoms with Gasteiger partial charge in [0.1, 0.15) is 0 Å². The van der Waals surface area contributed by atoms with E-state index >= 15 is 0 Å². The Morgan fingerprint density at radius 2 is 2.12 bits per heavy atom. The summed E-state index contributed by atoms with van der Waals surface area (Å²) < 4.78 is 10.5. The molecule has 92 valence electrons. The first-order valence-electron chi connectivity index (χ1n) is 5.32. The minimum absolute atomic E-state index is 0.0107. The van der Waals surface area contributed by atoms with Crippen molar-refractivity contribution >= 4 is 23.2 Å². The van der Waals surface area contributed by atoms with Gasteiger partial charge in [0.05, 0.1) is 25.3 Å². The van der Waals surface area contributed by atoms with Gasteiger partial charge in [-0.1, -0.05) is 6.07 Å². The van der Waals surface area contributed by atoms with Gasteiger partial charge < -0.3 is 14.4 Å². The normalized spacial score (nSPS) is 19.6. The highest BCUT2D eigenvalue weighted by atomic mass is 35.5. The van der Waals surface area contributed by atoms with Crippen LogP contribution in [0.15, 0.2) is 18.2 Å². The molecule has 1 unspecified atom stereocenters. The average Bonchev–Trinajstić information content (AvgIpc) is 2.67. The van der Waals surface area contributed by atoms with E-state index in [0.29, 0.717) is 30.2 Å². The van der Waals surface area contributed by atoms with Gasteiger partial charge in [0.25, 0.3) is 0 Å². The second-order valence-corrected chi connectivity index (χ2v) is 4.44. The lowest BCUT2D eigenvalue weighted by Gasteiger charge is -2.20. The molecular formula is C12H14ClNO3. The van der Waals surface area contributed by atoms with Crippen LogP contribution >= 0.6 is 11.6 Å². The Hall–Kier alpha value is -1.42. The molecule has 1 atom stereocenters. The Labute approximate surface area is 105 Å². The highest BCUT2D eigenvalue weighted by Crippen LogP contribution is 2.39. The molecule has 1 saturated heterocycles. The first-order chi connectivity index (χ1) is 8.17. The van der Waals surface area contributed by atoms with Crippen molar-refractivity contribution in [1.82, 2.24) is 0 Å². The van der Waals surface area contributed by atoms with Crippen LogP contribution in [0.4, 0.5) is 5.69 Å². The van der Waals surface area contributed by atoms with Gasteiger partial charge in [0, 0.05) is 13.0 Å². The zero-order chi connectivity index (χ0) is 12.4. The third kappa shape index (κ3) is 2.17. The van der Waals surface area contributed by atoms with Gasteiger partial charge in [-0.3, -0.25) is 4.79 Å². The standard InChI is InChI=1S/C12H14ClNO3/c1-16-10-5-3-4-9(12(10)17-2)14-7-8(13)6-11(14)15/h3-5,8H,6-7H2,1-2H3. The Bertz CT molecular complexity index is 436. The average molecular weight is 256 g/mol. The molecule has 1 amide bonds. The SMILES string of the molecule is COc1cccc(N2CC(Cl)CC2=O)c1OC. The molecule has 1 aliphatic heterocycles. The first-order valence-corrected chi connectivity index (χ1v) is 5.76. The van der Waals surface area contributed by atoms with Crippen molar-refractivity contribution in [3.05, 3.63) is 18.2 Å². The molecule has 1 aromatic carbocycles. The largest absolute Gasteiger partial charge is 0.493 e. The minimum atomic E-state index is -0.140. The first kappa shape index (κ1) is 12.0. The molecule has 4 nitrogen and oxygen atoms in total. The zero-order valence-corrected chi connectivity index (χ0v) is 10.5. The molecule has 0 saturated carbocycles. The molecule has 1 heterocycles. The number of carbonyl (C=O) groups excluding carboxylic acids is 1. The monoisotopic (exact) mass is 255 g/mol. The van der Waals surface area contributed by atoms with Crippen molar-refractivity contribution in [3.63, 3.8) is 0 Å². The zero-order valence-electron chi connectivity index (χ0n) is 9.77. The molecule has 0 N–H and O–H groups in total. The summed E-state index contributed by atoms with van der Waals surface area (Å²) in [5.74, 6) is 1.18. The van der Waals surface area contributed by atoms with E-state index in [1.807, 2.05) is 12.1 Å². The van der Waals surface area contributed by atoms with E-state index in [2.05, 4.69) is 0 Å². The lowest BCUT2D eigenvalue weighted by atomic mass is 10.2. The number of ether oxygens (including phenoxy) is 2. The van der Waals surface area contributed by atoms with E-state index in [9.17, 15) is 4.79 Å². The molecule has 0 radical (unpaired) electrons. The molecule has 0 bridgehead atoms. The van der Waals surface area contributed by atoms with Crippen LogP contribution in [0.5, 0.6) is 11.5 Å². The van der Waals surface area contributed by atoms with Gasteiger partial charge in [-0.05, 0) is 12.1 Å². The molecular weight excluding hydrogens is 242 g/mol. The Balaban J connectivity index is 2.41. The Morgan fingerprint density at radius 3 is 2.65 bits per heavy atom. The summed E-state index contributed by atoms with van der Waals surface area (Å²) in [6, 6.07) is 5.45. The van der Waals surface area contributed by atoms with Crippen molar-refractivity contribution in [1.29, 1.82) is 0 Å². The number of rotatable bonds is 3. The van der Waals surface area contributed by atoms with Crippen LogP contribution in [0, 0.1) is 0 Å². The summed E-state index contributed by atoms with van der Waals surface area (Å²) in [6.07, 6.45) is 0.363. The lowest BCUT2D eigenvalue weighted by molar-refractivity contribution is -0.117. The van der Waals surface area contributed by atoms with Crippen LogP contribution < -0.4 is 14.4 Å². The van der Waals surface area contributed by atoms with Crippen molar-refractivity contribution < 1.29 is 14.3 Å². The van der Waals surface area contributed by atoms with Gasteiger partial charge in [0.15, 0.2) is 11.5 Å². The summed E-state index contributed by atoms with van der Waals surface area (Å²) in [4.78, 5) is 13.4. The number of nitrogens with zero attached hydrogens (tertiary/aromatic N) is 1. The van der Waals surface area contributed by atoms with E-state index in [0.717, 1.165) is 0 Å². The number of halogens is 1. The van der Waals surface area contributed by atoms with Gasteiger partial charge in [-0.2, -0.15) is 0 Å². The second kappa shape index (κ2) is 4.84. The molecule has 2 rings (SSSR count). The van der Waals surface area contributed by atoms with E-state index < -0.39 is 0 Å². The number of amides is 1. The van der Waals surface area contributed by atoms with Gasteiger partial charge in [-0.15, -0.1) is 11.6 Å². The van der Waals surface area contributed by atoms with E-state index in [-0.39, 0.29) is 11.3 Å². The number of hydrogen-bond donors (Lipinski definition) is 0. The quantitative estimate of drug-likeness (QED) is 0.776. The number of para-hydroxylation sites is 1. The molecule has 1 aromatic rings. The van der Waals surface area contributed by atoms with E-state index in [4.69, 9.17) is 21.1 Å². The summed E-state index contributed by atoms with van der Waals surface area (Å²) in [7, 11) is 3.12. The maximum atomic E-state index is 11.8. The maximum Gasteiger partial charge on any atom is 0.228 e. The summed E-state index contributed by atoms with van der Waals surface area (Å²) >= 11 is 5.99. The van der Waals surface area contributed by atoms with Crippen molar-refractivity contribution in [2.45, 2.75) is 11.8 Å². The van der Waals surface area contributed by atoms with Crippen molar-refractivity contribution in [2.75, 3.05) is 25.7 Å². The summed E-state index contributed by atoms with van der Waals surface area (Å²) in [5.41, 5.74) is 0.708. The van der Waals surface area contributed by atoms with E-state index in [1.165, 1.54) is 0 Å². The summed E-state index contributed by atoms with van der Waals surface area (Å²) in [6.45, 7) is 0.504. The molecule has 1 aliphatic rings. The van der Waals surface area contributed by atoms with Crippen LogP contribution in [-0.2, 0) is 4.79 Å². The van der Waals surface area contributed by atoms with Crippen LogP contribution in [0.3, 0.4) is 0 Å². The topological polar surface area (TPSA) is 38.8 Å². The predicted octanol–water partition coefficient (Wildman–Crippen LogP) is 2.05. The van der Waals surface area contributed by atoms with Gasteiger partial charge >= 0.3 is 0 Å². The lowest BCUT2D eigenvalue weighted by Crippen LogP contribution is -2.25. The van der Waals surface area contributed by atoms with E-state index in [1.54, 1.807) is 25.2 Å². The van der Waals surface area contributed by atoms with Crippen LogP contribution in [0.2, 0.25) is 0 Å². The minimum Gasteiger partial charge on any atom is -0.493 e. The Kier molecular flexibility index (Phi) is 3.43. The number of benzene rings is 1. The van der Waals surface area contributed by atoms with Crippen molar-refractivity contribution in [2.24, 2.45) is 0 Å². The predicted molar refractivity (Wildman–Crippen MR) is 66.2 cm³/mol. The van der Waals surface area contributed by atoms with Gasteiger partial charge in [-0.25, -0.2) is 0 Å². The molecule has 5 heteroatoms. The van der Waals surface area contributed by atoms with Crippen molar-refractivity contribution in [3.8, 4) is 11.5 Å². The van der Waals surface area contributed by atoms with Crippen LogP contribution in [-0.4, -0.2) is 32.0 Å². The smallest absolute Gasteiger partial charge is 0.228 e. The number of carbonyl (C=O) groups is 1. The number of methoxy groups -OCH3 is 2. The number of anilines is 1. The molecule has 0 spiro atoms. The fourth-order valence-electron chi connectivity index (χ4n) is 1.98. The summed E-state index contributed by atoms with van der Waals surface area (Å²) in [5, 5.41) is -0.140. The highest BCUT2D eigenvalue weighted by Gasteiger charge is 2.31. The highest BCUT2D eigenvalue weighted by molar-refractivity contribution is 6.24. The third-order valence-electron chi connectivity index (χ3n) is 2.75. The molecule has 0 aromatic heterocycles. The fourth-order valence-corrected chi connectivity index (χ4v) is 2.25. The van der Waals surface area contributed by atoms with Crippen LogP contribution in [0.25, 0.3) is 0 Å². The number of hydrogen-bond acceptors (Lipinski definition) is 3. The van der Waals surface area contributed by atoms with Gasteiger partial charge in [0.2, 0.25) is 5.91 Å². The second-order valence-electron chi connectivity index (χ2n) is 3.82. The molecule has 17 heavy (non-hydrogen) atoms. The Morgan fingerprint density at radius 1 is 1.35 bits per heavy atom. The van der Waals surface area contributed by atoms with Crippen LogP contribution in [0.1, 0.15) is 6.42 Å². The third-order valence-corrected chi connectivity index (χ3v) is 3.04. The maximum absolute atomic E-state index is 11.8. The molecule has 1 fully saturated rings. The fraction of sp³-hybridized carbons (Fsp3) is 0.417. The molecule has 0 aliphatic carbocycles.